The second-order valence-electron chi connectivity index (χ2n) is 3.68. The van der Waals surface area contributed by atoms with Crippen LogP contribution in [0.2, 0.25) is 0 Å². The van der Waals surface area contributed by atoms with Crippen LogP contribution in [0, 0.1) is 5.82 Å². The Morgan fingerprint density at radius 3 is 2.58 bits per heavy atom. The first-order valence-corrected chi connectivity index (χ1v) is 5.26. The highest BCUT2D eigenvalue weighted by Gasteiger charge is 2.27. The van der Waals surface area contributed by atoms with E-state index < -0.39 is 31.1 Å². The van der Waals surface area contributed by atoms with Gasteiger partial charge in [-0.3, -0.25) is 4.79 Å². The smallest absolute Gasteiger partial charge is 0.405 e. The molecule has 4 nitrogen and oxygen atoms in total. The molecular weight excluding hydrogens is 268 g/mol. The standard InChI is InChI=1S/C11H12F4N2O2/c12-8-1-7(4-16)2-9(3-8)19-5-10(18)17-6-11(13,14)15/h1-3H,4-6,16H2,(H,17,18). The van der Waals surface area contributed by atoms with E-state index in [9.17, 15) is 22.4 Å². The van der Waals surface area contributed by atoms with E-state index in [0.29, 0.717) is 5.56 Å². The maximum atomic E-state index is 13.1. The van der Waals surface area contributed by atoms with Crippen molar-refractivity contribution >= 4 is 5.91 Å². The van der Waals surface area contributed by atoms with E-state index >= 15 is 0 Å². The third kappa shape index (κ3) is 6.05. The molecule has 1 amide bonds. The third-order valence-corrected chi connectivity index (χ3v) is 2.02. The minimum absolute atomic E-state index is 0.0302. The zero-order valence-corrected chi connectivity index (χ0v) is 9.76. The van der Waals surface area contributed by atoms with Crippen LogP contribution < -0.4 is 15.8 Å². The Kier molecular flexibility index (Phi) is 5.11. The number of ether oxygens (including phenoxy) is 1. The number of carbonyl (C=O) groups is 1. The molecule has 0 aliphatic heterocycles. The van der Waals surface area contributed by atoms with Crippen molar-refractivity contribution in [3.05, 3.63) is 29.6 Å². The highest BCUT2D eigenvalue weighted by Crippen LogP contribution is 2.16. The quantitative estimate of drug-likeness (QED) is 0.800. The van der Waals surface area contributed by atoms with Gasteiger partial charge in [-0.2, -0.15) is 13.2 Å². The van der Waals surface area contributed by atoms with Gasteiger partial charge in [-0.05, 0) is 17.7 Å². The number of amides is 1. The van der Waals surface area contributed by atoms with E-state index in [1.54, 1.807) is 5.32 Å². The Balaban J connectivity index is 2.48. The average Bonchev–Trinajstić information content (AvgIpc) is 2.32. The molecule has 0 atom stereocenters. The molecule has 0 radical (unpaired) electrons. The van der Waals surface area contributed by atoms with E-state index in [4.69, 9.17) is 10.5 Å². The van der Waals surface area contributed by atoms with Crippen LogP contribution in [-0.4, -0.2) is 25.2 Å². The first-order chi connectivity index (χ1) is 8.80. The highest BCUT2D eigenvalue weighted by atomic mass is 19.4. The Labute approximate surface area is 106 Å². The number of nitrogens with two attached hydrogens (primary N) is 1. The molecule has 0 spiro atoms. The molecule has 1 rings (SSSR count). The second kappa shape index (κ2) is 6.37. The van der Waals surface area contributed by atoms with Crippen LogP contribution in [0.15, 0.2) is 18.2 Å². The van der Waals surface area contributed by atoms with Crippen molar-refractivity contribution in [2.75, 3.05) is 13.2 Å². The van der Waals surface area contributed by atoms with Crippen LogP contribution in [0.3, 0.4) is 0 Å². The number of rotatable bonds is 5. The highest BCUT2D eigenvalue weighted by molar-refractivity contribution is 5.77. The number of carbonyl (C=O) groups excluding carboxylic acids is 1. The van der Waals surface area contributed by atoms with Crippen molar-refractivity contribution in [1.82, 2.24) is 5.32 Å². The summed E-state index contributed by atoms with van der Waals surface area (Å²) in [5, 5.41) is 1.63. The summed E-state index contributed by atoms with van der Waals surface area (Å²) in [6, 6.07) is 3.60. The molecule has 0 saturated carbocycles. The van der Waals surface area contributed by atoms with Gasteiger partial charge in [-0.1, -0.05) is 0 Å². The predicted molar refractivity (Wildman–Crippen MR) is 58.9 cm³/mol. The summed E-state index contributed by atoms with van der Waals surface area (Å²) in [5.41, 5.74) is 5.76. The van der Waals surface area contributed by atoms with E-state index in [1.807, 2.05) is 0 Å². The number of hydrogen-bond acceptors (Lipinski definition) is 3. The number of benzene rings is 1. The van der Waals surface area contributed by atoms with Gasteiger partial charge in [-0.25, -0.2) is 4.39 Å². The first kappa shape index (κ1) is 15.2. The summed E-state index contributed by atoms with van der Waals surface area (Å²) in [6.45, 7) is -2.00. The lowest BCUT2D eigenvalue weighted by Crippen LogP contribution is -2.36. The van der Waals surface area contributed by atoms with Gasteiger partial charge in [-0.15, -0.1) is 0 Å². The molecule has 0 aromatic heterocycles. The molecule has 0 bridgehead atoms. The molecule has 8 heteroatoms. The molecule has 106 valence electrons. The fourth-order valence-electron chi connectivity index (χ4n) is 1.22. The normalized spacial score (nSPS) is 11.2. The zero-order chi connectivity index (χ0) is 14.5. The number of hydrogen-bond donors (Lipinski definition) is 2. The Morgan fingerprint density at radius 2 is 2.00 bits per heavy atom. The largest absolute Gasteiger partial charge is 0.484 e. The molecule has 19 heavy (non-hydrogen) atoms. The SMILES string of the molecule is NCc1cc(F)cc(OCC(=O)NCC(F)(F)F)c1. The van der Waals surface area contributed by atoms with Crippen LogP contribution >= 0.6 is 0 Å². The first-order valence-electron chi connectivity index (χ1n) is 5.26. The van der Waals surface area contributed by atoms with Crippen LogP contribution in [0.25, 0.3) is 0 Å². The maximum Gasteiger partial charge on any atom is 0.405 e. The minimum atomic E-state index is -4.48. The van der Waals surface area contributed by atoms with Crippen LogP contribution in [0.1, 0.15) is 5.56 Å². The van der Waals surface area contributed by atoms with Crippen LogP contribution in [0.5, 0.6) is 5.75 Å². The molecular formula is C11H12F4N2O2. The van der Waals surface area contributed by atoms with E-state index in [-0.39, 0.29) is 12.3 Å². The lowest BCUT2D eigenvalue weighted by molar-refractivity contribution is -0.139. The summed E-state index contributed by atoms with van der Waals surface area (Å²) in [4.78, 5) is 11.0. The van der Waals surface area contributed by atoms with Crippen LogP contribution in [0.4, 0.5) is 17.6 Å². The number of alkyl halides is 3. The second-order valence-corrected chi connectivity index (χ2v) is 3.68. The van der Waals surface area contributed by atoms with Crippen molar-refractivity contribution in [1.29, 1.82) is 0 Å². The Bertz CT molecular complexity index is 449. The molecule has 0 fully saturated rings. The predicted octanol–water partition coefficient (Wildman–Crippen LogP) is 1.34. The van der Waals surface area contributed by atoms with Crippen molar-refractivity contribution < 1.29 is 27.1 Å². The fourth-order valence-corrected chi connectivity index (χ4v) is 1.22. The van der Waals surface area contributed by atoms with Crippen molar-refractivity contribution in [2.24, 2.45) is 5.73 Å². The van der Waals surface area contributed by atoms with E-state index in [2.05, 4.69) is 0 Å². The van der Waals surface area contributed by atoms with Gasteiger partial charge in [0.05, 0.1) is 0 Å². The van der Waals surface area contributed by atoms with Gasteiger partial charge < -0.3 is 15.8 Å². The summed E-state index contributed by atoms with van der Waals surface area (Å²) in [6.07, 6.45) is -4.48. The molecule has 3 N–H and O–H groups in total. The number of halogens is 4. The maximum absolute atomic E-state index is 13.1. The van der Waals surface area contributed by atoms with E-state index in [1.165, 1.54) is 12.1 Å². The molecule has 0 heterocycles. The zero-order valence-electron chi connectivity index (χ0n) is 9.76. The lowest BCUT2D eigenvalue weighted by atomic mass is 10.2. The summed E-state index contributed by atoms with van der Waals surface area (Å²) in [7, 11) is 0. The fraction of sp³-hybridized carbons (Fsp3) is 0.364. The molecule has 0 saturated heterocycles. The van der Waals surface area contributed by atoms with Gasteiger partial charge >= 0.3 is 6.18 Å². The molecule has 0 aliphatic rings. The summed E-state index contributed by atoms with van der Waals surface area (Å²) in [5.74, 6) is -1.52. The monoisotopic (exact) mass is 280 g/mol. The van der Waals surface area contributed by atoms with Crippen molar-refractivity contribution in [2.45, 2.75) is 12.7 Å². The summed E-state index contributed by atoms with van der Waals surface area (Å²) < 4.78 is 53.4. The van der Waals surface area contributed by atoms with Gasteiger partial charge in [0.25, 0.3) is 5.91 Å². The van der Waals surface area contributed by atoms with Crippen LogP contribution in [-0.2, 0) is 11.3 Å². The van der Waals surface area contributed by atoms with Gasteiger partial charge in [0.2, 0.25) is 0 Å². The van der Waals surface area contributed by atoms with Gasteiger partial charge in [0, 0.05) is 12.6 Å². The average molecular weight is 280 g/mol. The van der Waals surface area contributed by atoms with Gasteiger partial charge in [0.15, 0.2) is 6.61 Å². The van der Waals surface area contributed by atoms with Crippen molar-refractivity contribution in [3.63, 3.8) is 0 Å². The molecule has 0 aliphatic carbocycles. The lowest BCUT2D eigenvalue weighted by Gasteiger charge is -2.10. The van der Waals surface area contributed by atoms with E-state index in [0.717, 1.165) is 6.07 Å². The molecule has 1 aromatic carbocycles. The molecule has 0 unspecified atom stereocenters. The minimum Gasteiger partial charge on any atom is -0.484 e. The third-order valence-electron chi connectivity index (χ3n) is 2.02. The van der Waals surface area contributed by atoms with Gasteiger partial charge in [0.1, 0.15) is 18.1 Å². The Morgan fingerprint density at radius 1 is 1.32 bits per heavy atom. The Hall–Kier alpha value is -1.83. The van der Waals surface area contributed by atoms with Crippen molar-refractivity contribution in [3.8, 4) is 5.75 Å². The summed E-state index contributed by atoms with van der Waals surface area (Å²) >= 11 is 0. The topological polar surface area (TPSA) is 64.3 Å². The number of nitrogens with one attached hydrogen (secondary N) is 1. The molecule has 1 aromatic rings.